The van der Waals surface area contributed by atoms with Crippen LogP contribution in [0.5, 0.6) is 5.75 Å². The third-order valence-electron chi connectivity index (χ3n) is 5.87. The van der Waals surface area contributed by atoms with E-state index in [4.69, 9.17) is 4.84 Å². The van der Waals surface area contributed by atoms with Gasteiger partial charge in [-0.2, -0.15) is 0 Å². The van der Waals surface area contributed by atoms with Crippen LogP contribution in [-0.2, 0) is 14.4 Å². The van der Waals surface area contributed by atoms with Crippen molar-refractivity contribution in [3.63, 3.8) is 0 Å². The molecule has 5 rings (SSSR count). The lowest BCUT2D eigenvalue weighted by Crippen LogP contribution is -2.37. The molecule has 2 saturated heterocycles. The summed E-state index contributed by atoms with van der Waals surface area (Å²) < 4.78 is 41.7. The van der Waals surface area contributed by atoms with E-state index in [9.17, 15) is 22.8 Å². The number of amides is 2. The Morgan fingerprint density at radius 3 is 2.09 bits per heavy atom. The summed E-state index contributed by atoms with van der Waals surface area (Å²) in [5.41, 5.74) is 2.55. The summed E-state index contributed by atoms with van der Waals surface area (Å²) >= 11 is 0. The number of hydroxylamine groups is 1. The molecule has 0 saturated carbocycles. The molecule has 0 bridgehead atoms. The Bertz CT molecular complexity index is 1210. The molecule has 34 heavy (non-hydrogen) atoms. The molecule has 3 aromatic carbocycles. The van der Waals surface area contributed by atoms with Crippen LogP contribution in [0.2, 0.25) is 0 Å². The van der Waals surface area contributed by atoms with E-state index < -0.39 is 36.2 Å². The number of nitrogens with zero attached hydrogens (tertiary/aromatic N) is 2. The van der Waals surface area contributed by atoms with Gasteiger partial charge in [-0.15, -0.1) is 13.2 Å². The van der Waals surface area contributed by atoms with Crippen molar-refractivity contribution in [3.8, 4) is 5.75 Å². The summed E-state index contributed by atoms with van der Waals surface area (Å²) in [5.74, 6) is -2.19. The second-order valence-electron chi connectivity index (χ2n) is 8.12. The van der Waals surface area contributed by atoms with Crippen molar-refractivity contribution in [1.82, 2.24) is 0 Å². The average Bonchev–Trinajstić information content (AvgIpc) is 3.31. The van der Waals surface area contributed by atoms with Gasteiger partial charge in [0.05, 0.1) is 17.4 Å². The van der Waals surface area contributed by atoms with Crippen LogP contribution in [0.25, 0.3) is 0 Å². The Kier molecular flexibility index (Phi) is 5.28. The highest BCUT2D eigenvalue weighted by atomic mass is 19.4. The van der Waals surface area contributed by atoms with Gasteiger partial charge in [0, 0.05) is 0 Å². The third kappa shape index (κ3) is 3.88. The number of halogens is 3. The first-order chi connectivity index (χ1) is 16.2. The van der Waals surface area contributed by atoms with Crippen molar-refractivity contribution in [3.05, 3.63) is 90.0 Å². The number of anilines is 2. The van der Waals surface area contributed by atoms with Gasteiger partial charge in [0.2, 0.25) is 5.91 Å². The van der Waals surface area contributed by atoms with E-state index in [1.165, 1.54) is 29.3 Å². The van der Waals surface area contributed by atoms with Gasteiger partial charge in [-0.05, 0) is 48.9 Å². The van der Waals surface area contributed by atoms with Crippen molar-refractivity contribution in [2.24, 2.45) is 5.92 Å². The van der Waals surface area contributed by atoms with E-state index in [1.54, 1.807) is 48.5 Å². The second kappa shape index (κ2) is 8.18. The smallest absolute Gasteiger partial charge is 0.406 e. The quantitative estimate of drug-likeness (QED) is 0.508. The minimum atomic E-state index is -4.82. The van der Waals surface area contributed by atoms with Gasteiger partial charge in [-0.1, -0.05) is 48.0 Å². The molecule has 6 nitrogen and oxygen atoms in total. The van der Waals surface area contributed by atoms with E-state index >= 15 is 0 Å². The standard InChI is InChI=1S/C25H19F3N2O4/c1-15-7-11-17(12-8-15)29-23(31)20-21(16-9-13-19(14-10-16)33-25(26,27)28)30(34-22(20)24(29)32)18-5-3-2-4-6-18/h2-14,20-22H,1H3/t20-,21-,22-/m0/s1. The van der Waals surface area contributed by atoms with Crippen molar-refractivity contribution in [2.45, 2.75) is 25.4 Å². The zero-order valence-electron chi connectivity index (χ0n) is 17.9. The maximum Gasteiger partial charge on any atom is 0.573 e. The number of ether oxygens (including phenoxy) is 1. The van der Waals surface area contributed by atoms with Gasteiger partial charge in [0.1, 0.15) is 11.7 Å². The fourth-order valence-corrected chi connectivity index (χ4v) is 4.37. The highest BCUT2D eigenvalue weighted by Gasteiger charge is 2.60. The Balaban J connectivity index is 1.53. The lowest BCUT2D eigenvalue weighted by Gasteiger charge is -2.29. The van der Waals surface area contributed by atoms with Crippen molar-refractivity contribution >= 4 is 23.2 Å². The van der Waals surface area contributed by atoms with Crippen LogP contribution >= 0.6 is 0 Å². The van der Waals surface area contributed by atoms with E-state index in [1.807, 2.05) is 13.0 Å². The lowest BCUT2D eigenvalue weighted by molar-refractivity contribution is -0.274. The van der Waals surface area contributed by atoms with Gasteiger partial charge in [-0.3, -0.25) is 14.4 Å². The first kappa shape index (κ1) is 22.0. The van der Waals surface area contributed by atoms with Crippen LogP contribution in [0.15, 0.2) is 78.9 Å². The zero-order chi connectivity index (χ0) is 24.0. The molecule has 0 unspecified atom stereocenters. The van der Waals surface area contributed by atoms with Gasteiger partial charge < -0.3 is 4.74 Å². The molecule has 2 fully saturated rings. The number of fused-ring (bicyclic) bond motifs is 1. The van der Waals surface area contributed by atoms with E-state index in [2.05, 4.69) is 4.74 Å². The van der Waals surface area contributed by atoms with Gasteiger partial charge in [-0.25, -0.2) is 9.96 Å². The molecule has 0 radical (unpaired) electrons. The minimum Gasteiger partial charge on any atom is -0.406 e. The molecular weight excluding hydrogens is 449 g/mol. The molecule has 3 aromatic rings. The summed E-state index contributed by atoms with van der Waals surface area (Å²) in [6.07, 6.45) is -5.88. The van der Waals surface area contributed by atoms with Gasteiger partial charge in [0.25, 0.3) is 5.91 Å². The van der Waals surface area contributed by atoms with Crippen LogP contribution < -0.4 is 14.7 Å². The predicted octanol–water partition coefficient (Wildman–Crippen LogP) is 4.94. The Hall–Kier alpha value is -3.85. The molecule has 2 amide bonds. The molecule has 2 aliphatic heterocycles. The second-order valence-corrected chi connectivity index (χ2v) is 8.12. The number of aryl methyl sites for hydroxylation is 1. The van der Waals surface area contributed by atoms with Crippen LogP contribution in [-0.4, -0.2) is 24.3 Å². The number of para-hydroxylation sites is 1. The summed E-state index contributed by atoms with van der Waals surface area (Å²) in [4.78, 5) is 33.9. The number of hydrogen-bond donors (Lipinski definition) is 0. The van der Waals surface area contributed by atoms with Gasteiger partial charge >= 0.3 is 6.36 Å². The number of rotatable bonds is 4. The fourth-order valence-electron chi connectivity index (χ4n) is 4.37. The Morgan fingerprint density at radius 2 is 1.47 bits per heavy atom. The number of carbonyl (C=O) groups is 2. The topological polar surface area (TPSA) is 59.1 Å². The highest BCUT2D eigenvalue weighted by molar-refractivity contribution is 6.23. The van der Waals surface area contributed by atoms with Crippen LogP contribution in [0.1, 0.15) is 17.2 Å². The number of imide groups is 1. The maximum atomic E-state index is 13.5. The summed E-state index contributed by atoms with van der Waals surface area (Å²) in [7, 11) is 0. The van der Waals surface area contributed by atoms with Gasteiger partial charge in [0.15, 0.2) is 6.10 Å². The first-order valence-electron chi connectivity index (χ1n) is 10.5. The Labute approximate surface area is 193 Å². The Morgan fingerprint density at radius 1 is 0.824 bits per heavy atom. The third-order valence-corrected chi connectivity index (χ3v) is 5.87. The number of carbonyl (C=O) groups excluding carboxylic acids is 2. The van der Waals surface area contributed by atoms with Crippen LogP contribution in [0, 0.1) is 12.8 Å². The van der Waals surface area contributed by atoms with E-state index in [-0.39, 0.29) is 5.75 Å². The minimum absolute atomic E-state index is 0.381. The molecular formula is C25H19F3N2O4. The monoisotopic (exact) mass is 468 g/mol. The van der Waals surface area contributed by atoms with Crippen molar-refractivity contribution in [2.75, 3.05) is 9.96 Å². The lowest BCUT2D eigenvalue weighted by atomic mass is 9.90. The largest absolute Gasteiger partial charge is 0.573 e. The first-order valence-corrected chi connectivity index (χ1v) is 10.5. The predicted molar refractivity (Wildman–Crippen MR) is 117 cm³/mol. The molecule has 174 valence electrons. The average molecular weight is 468 g/mol. The maximum absolute atomic E-state index is 13.5. The molecule has 2 heterocycles. The number of benzene rings is 3. The number of alkyl halides is 3. The van der Waals surface area contributed by atoms with E-state index in [0.29, 0.717) is 16.9 Å². The molecule has 0 spiro atoms. The van der Waals surface area contributed by atoms with Crippen molar-refractivity contribution < 1.29 is 32.3 Å². The normalized spacial score (nSPS) is 22.3. The van der Waals surface area contributed by atoms with Crippen molar-refractivity contribution in [1.29, 1.82) is 0 Å². The molecule has 0 aliphatic carbocycles. The summed E-state index contributed by atoms with van der Waals surface area (Å²) in [5, 5.41) is 1.48. The van der Waals surface area contributed by atoms with Crippen LogP contribution in [0.3, 0.4) is 0 Å². The zero-order valence-corrected chi connectivity index (χ0v) is 17.9. The SMILES string of the molecule is Cc1ccc(N2C(=O)[C@@H]3[C@H](ON(c4ccccc4)[C@H]3c3ccc(OC(F)(F)F)cc3)C2=O)cc1. The molecule has 2 aliphatic rings. The fraction of sp³-hybridized carbons (Fsp3) is 0.200. The molecule has 0 N–H and O–H groups in total. The molecule has 9 heteroatoms. The molecule has 3 atom stereocenters. The van der Waals surface area contributed by atoms with E-state index in [0.717, 1.165) is 10.5 Å². The molecule has 0 aromatic heterocycles. The summed E-state index contributed by atoms with van der Waals surface area (Å²) in [6, 6.07) is 20.4. The highest BCUT2D eigenvalue weighted by Crippen LogP contribution is 2.47. The number of hydrogen-bond acceptors (Lipinski definition) is 5. The van der Waals surface area contributed by atoms with Crippen LogP contribution in [0.4, 0.5) is 24.5 Å². The summed E-state index contributed by atoms with van der Waals surface area (Å²) in [6.45, 7) is 1.90.